The molecule has 0 aliphatic heterocycles. The molecule has 0 radical (unpaired) electrons. The van der Waals surface area contributed by atoms with E-state index in [1.165, 1.54) is 27.4 Å². The Kier molecular flexibility index (Phi) is 3.74. The van der Waals surface area contributed by atoms with Crippen LogP contribution in [0.15, 0.2) is 115 Å². The van der Waals surface area contributed by atoms with Gasteiger partial charge in [-0.15, -0.1) is 0 Å². The van der Waals surface area contributed by atoms with Gasteiger partial charge in [-0.2, -0.15) is 0 Å². The van der Waals surface area contributed by atoms with Crippen molar-refractivity contribution in [2.45, 2.75) is 11.8 Å². The standard InChI is InChI=1S/C34H23N3/c1-2-8-21(9-3-1)33-25-11-4-6-12-29(25)35-34(36-33)37-30-13-7-5-10-22(30)27-18-26-20-14-16-23-24(17-15-20)32(23)28(26)19-31(27)37/h1-20,23-24,32H. The van der Waals surface area contributed by atoms with Crippen molar-refractivity contribution < 1.29 is 0 Å². The largest absolute Gasteiger partial charge is 0.278 e. The number of allylic oxidation sites excluding steroid dienone is 4. The van der Waals surface area contributed by atoms with Crippen LogP contribution in [0.1, 0.15) is 23.0 Å². The second-order valence-electron chi connectivity index (χ2n) is 10.6. The third kappa shape index (κ3) is 2.66. The molecule has 4 aliphatic carbocycles. The van der Waals surface area contributed by atoms with Gasteiger partial charge in [-0.25, -0.2) is 9.97 Å². The lowest BCUT2D eigenvalue weighted by molar-refractivity contribution is 0.989. The van der Waals surface area contributed by atoms with Gasteiger partial charge in [-0.05, 0) is 53.1 Å². The number of nitrogens with zero attached hydrogens (tertiary/aromatic N) is 3. The van der Waals surface area contributed by atoms with E-state index in [0.717, 1.165) is 33.6 Å². The van der Waals surface area contributed by atoms with Crippen molar-refractivity contribution in [2.24, 2.45) is 11.8 Å². The maximum absolute atomic E-state index is 5.24. The highest BCUT2D eigenvalue weighted by Crippen LogP contribution is 2.61. The van der Waals surface area contributed by atoms with Crippen LogP contribution in [0.4, 0.5) is 0 Å². The Morgan fingerprint density at radius 1 is 0.568 bits per heavy atom. The number of rotatable bonds is 2. The number of hydrogen-bond donors (Lipinski definition) is 0. The molecule has 1 saturated carbocycles. The zero-order valence-corrected chi connectivity index (χ0v) is 20.1. The lowest BCUT2D eigenvalue weighted by atomic mass is 9.92. The Balaban J connectivity index is 1.38. The fourth-order valence-corrected chi connectivity index (χ4v) is 6.86. The van der Waals surface area contributed by atoms with Crippen LogP contribution < -0.4 is 0 Å². The second kappa shape index (κ2) is 7.04. The molecule has 2 heterocycles. The minimum atomic E-state index is 0.364. The lowest BCUT2D eigenvalue weighted by Crippen LogP contribution is -2.04. The van der Waals surface area contributed by atoms with Gasteiger partial charge in [0.15, 0.2) is 0 Å². The smallest absolute Gasteiger partial charge is 0.235 e. The van der Waals surface area contributed by atoms with Crippen molar-refractivity contribution in [1.29, 1.82) is 0 Å². The van der Waals surface area contributed by atoms with E-state index in [1.807, 2.05) is 0 Å². The molecule has 0 saturated heterocycles. The predicted molar refractivity (Wildman–Crippen MR) is 150 cm³/mol. The zero-order chi connectivity index (χ0) is 24.1. The molecular weight excluding hydrogens is 450 g/mol. The zero-order valence-electron chi connectivity index (χ0n) is 20.1. The Labute approximate surface area is 214 Å². The Morgan fingerprint density at radius 3 is 2.14 bits per heavy atom. The molecule has 174 valence electrons. The number of benzene rings is 4. The molecule has 2 unspecified atom stereocenters. The molecular formula is C34H23N3. The average Bonchev–Trinajstić information content (AvgIpc) is 3.66. The summed E-state index contributed by atoms with van der Waals surface area (Å²) in [5.74, 6) is 2.95. The summed E-state index contributed by atoms with van der Waals surface area (Å²) in [5.41, 5.74) is 8.33. The van der Waals surface area contributed by atoms with E-state index in [1.54, 1.807) is 0 Å². The normalized spacial score (nSPS) is 22.9. The van der Waals surface area contributed by atoms with Crippen LogP contribution in [0.2, 0.25) is 0 Å². The molecule has 2 atom stereocenters. The highest BCUT2D eigenvalue weighted by molar-refractivity contribution is 6.10. The average molecular weight is 474 g/mol. The molecule has 0 N–H and O–H groups in total. The predicted octanol–water partition coefficient (Wildman–Crippen LogP) is 7.95. The van der Waals surface area contributed by atoms with E-state index < -0.39 is 0 Å². The third-order valence-electron chi connectivity index (χ3n) is 8.65. The van der Waals surface area contributed by atoms with Gasteiger partial charge in [0.25, 0.3) is 0 Å². The molecule has 0 amide bonds. The minimum Gasteiger partial charge on any atom is -0.278 e. The van der Waals surface area contributed by atoms with Gasteiger partial charge in [0.2, 0.25) is 5.95 Å². The number of hydrogen-bond acceptors (Lipinski definition) is 2. The summed E-state index contributed by atoms with van der Waals surface area (Å²) in [6.45, 7) is 0. The first-order valence-electron chi connectivity index (χ1n) is 13.1. The summed E-state index contributed by atoms with van der Waals surface area (Å²) in [7, 11) is 0. The van der Waals surface area contributed by atoms with Gasteiger partial charge in [0.05, 0.1) is 22.2 Å². The second-order valence-corrected chi connectivity index (χ2v) is 10.6. The van der Waals surface area contributed by atoms with Crippen molar-refractivity contribution in [3.8, 4) is 17.2 Å². The molecule has 10 rings (SSSR count). The molecule has 3 heteroatoms. The molecule has 2 aromatic heterocycles. The van der Waals surface area contributed by atoms with Gasteiger partial charge in [0.1, 0.15) is 0 Å². The van der Waals surface area contributed by atoms with E-state index in [-0.39, 0.29) is 0 Å². The molecule has 4 aromatic carbocycles. The third-order valence-corrected chi connectivity index (χ3v) is 8.65. The summed E-state index contributed by atoms with van der Waals surface area (Å²) < 4.78 is 2.29. The van der Waals surface area contributed by atoms with Gasteiger partial charge < -0.3 is 0 Å². The summed E-state index contributed by atoms with van der Waals surface area (Å²) in [4.78, 5) is 10.4. The van der Waals surface area contributed by atoms with E-state index in [9.17, 15) is 0 Å². The van der Waals surface area contributed by atoms with Gasteiger partial charge >= 0.3 is 0 Å². The molecule has 1 fully saturated rings. The van der Waals surface area contributed by atoms with Crippen LogP contribution in [0.25, 0.3) is 49.9 Å². The molecule has 6 aromatic rings. The number of fused-ring (bicyclic) bond motifs is 4. The summed E-state index contributed by atoms with van der Waals surface area (Å²) in [5, 5.41) is 3.59. The molecule has 0 spiro atoms. The van der Waals surface area contributed by atoms with Crippen molar-refractivity contribution in [1.82, 2.24) is 14.5 Å². The van der Waals surface area contributed by atoms with Gasteiger partial charge in [-0.3, -0.25) is 4.57 Å². The molecule has 37 heavy (non-hydrogen) atoms. The van der Waals surface area contributed by atoms with E-state index in [4.69, 9.17) is 9.97 Å². The van der Waals surface area contributed by atoms with Gasteiger partial charge in [0, 0.05) is 27.6 Å². The van der Waals surface area contributed by atoms with Crippen LogP contribution >= 0.6 is 0 Å². The fourth-order valence-electron chi connectivity index (χ4n) is 6.86. The van der Waals surface area contributed by atoms with Crippen LogP contribution in [-0.4, -0.2) is 14.5 Å². The van der Waals surface area contributed by atoms with Crippen molar-refractivity contribution in [2.75, 3.05) is 0 Å². The van der Waals surface area contributed by atoms with E-state index in [0.29, 0.717) is 23.7 Å². The first kappa shape index (κ1) is 19.7. The Morgan fingerprint density at radius 2 is 1.30 bits per heavy atom. The Hall–Kier alpha value is -4.50. The van der Waals surface area contributed by atoms with Crippen LogP contribution in [-0.2, 0) is 0 Å². The SMILES string of the molecule is C1=CC2C3C=CC1c1cc4c5ccccc5n(-c5nc(-c6ccccc6)c6ccccc6n5)c4cc1C23. The van der Waals surface area contributed by atoms with E-state index >= 15 is 0 Å². The highest BCUT2D eigenvalue weighted by atomic mass is 15.2. The van der Waals surface area contributed by atoms with Gasteiger partial charge in [-0.1, -0.05) is 91.0 Å². The number of para-hydroxylation sites is 2. The monoisotopic (exact) mass is 473 g/mol. The van der Waals surface area contributed by atoms with Crippen molar-refractivity contribution in [3.05, 3.63) is 126 Å². The van der Waals surface area contributed by atoms with E-state index in [2.05, 4.69) is 120 Å². The quantitative estimate of drug-likeness (QED) is 0.239. The molecule has 4 bridgehead atoms. The van der Waals surface area contributed by atoms with Crippen LogP contribution in [0, 0.1) is 11.8 Å². The molecule has 3 nitrogen and oxygen atoms in total. The van der Waals surface area contributed by atoms with Crippen LogP contribution in [0.3, 0.4) is 0 Å². The van der Waals surface area contributed by atoms with Crippen LogP contribution in [0.5, 0.6) is 0 Å². The maximum atomic E-state index is 5.24. The number of aromatic nitrogens is 3. The summed E-state index contributed by atoms with van der Waals surface area (Å²) in [6.07, 6.45) is 9.73. The maximum Gasteiger partial charge on any atom is 0.235 e. The fraction of sp³-hybridized carbons (Fsp3) is 0.118. The minimum absolute atomic E-state index is 0.364. The first-order chi connectivity index (χ1) is 18.3. The first-order valence-corrected chi connectivity index (χ1v) is 13.1. The Bertz CT molecular complexity index is 1940. The highest BCUT2D eigenvalue weighted by Gasteiger charge is 2.51. The molecule has 4 aliphatic rings. The summed E-state index contributed by atoms with van der Waals surface area (Å²) in [6, 6.07) is 32.4. The van der Waals surface area contributed by atoms with Crippen molar-refractivity contribution in [3.63, 3.8) is 0 Å². The summed E-state index contributed by atoms with van der Waals surface area (Å²) >= 11 is 0. The lowest BCUT2D eigenvalue weighted by Gasteiger charge is -2.14. The topological polar surface area (TPSA) is 30.7 Å². The van der Waals surface area contributed by atoms with Crippen molar-refractivity contribution >= 4 is 32.7 Å².